The van der Waals surface area contributed by atoms with E-state index in [1.54, 1.807) is 0 Å². The smallest absolute Gasteiger partial charge is 0.325 e. The van der Waals surface area contributed by atoms with Crippen LogP contribution in [0.2, 0.25) is 0 Å². The van der Waals surface area contributed by atoms with Gasteiger partial charge in [0.25, 0.3) is 0 Å². The monoisotopic (exact) mass is 407 g/mol. The second kappa shape index (κ2) is 14.2. The molecule has 0 aliphatic rings. The largest absolute Gasteiger partial charge is 1.00 e. The number of aryl methyl sites for hydroxylation is 1. The van der Waals surface area contributed by atoms with Crippen LogP contribution in [0.1, 0.15) is 64.2 Å². The molecule has 1 aromatic heterocycles. The highest BCUT2D eigenvalue weighted by molar-refractivity contribution is 7.51. The fourth-order valence-corrected chi connectivity index (χ4v) is 3.25. The van der Waals surface area contributed by atoms with Gasteiger partial charge in [-0.25, -0.2) is 4.57 Å². The van der Waals surface area contributed by atoms with Crippen LogP contribution in [0.15, 0.2) is 30.6 Å². The van der Waals surface area contributed by atoms with Crippen molar-refractivity contribution in [3.8, 4) is 0 Å². The normalized spacial score (nSPS) is 11.2. The summed E-state index contributed by atoms with van der Waals surface area (Å²) in [6, 6.07) is 6.18. The predicted molar refractivity (Wildman–Crippen MR) is 89.7 cm³/mol. The van der Waals surface area contributed by atoms with Gasteiger partial charge in [-0.15, -0.1) is 0 Å². The van der Waals surface area contributed by atoms with Crippen molar-refractivity contribution in [3.05, 3.63) is 30.6 Å². The molecule has 0 spiro atoms. The molecule has 0 bridgehead atoms. The van der Waals surface area contributed by atoms with E-state index in [0.29, 0.717) is 6.42 Å². The van der Waals surface area contributed by atoms with Crippen LogP contribution in [0, 0.1) is 0 Å². The molecule has 0 atom stereocenters. The summed E-state index contributed by atoms with van der Waals surface area (Å²) in [5, 5.41) is 0. The maximum atomic E-state index is 10.7. The van der Waals surface area contributed by atoms with Crippen molar-refractivity contribution in [2.24, 2.45) is 0 Å². The Bertz CT molecular complexity index is 425. The Morgan fingerprint density at radius 1 is 0.696 bits per heavy atom. The van der Waals surface area contributed by atoms with Gasteiger partial charge in [-0.2, -0.15) is 0 Å². The van der Waals surface area contributed by atoms with Crippen molar-refractivity contribution >= 4 is 7.60 Å². The van der Waals surface area contributed by atoms with Crippen molar-refractivity contribution in [2.45, 2.75) is 70.8 Å². The van der Waals surface area contributed by atoms with Gasteiger partial charge in [-0.3, -0.25) is 4.57 Å². The number of halogens is 1. The minimum Gasteiger partial charge on any atom is -1.00 e. The Hall–Kier alpha value is -0.220. The van der Waals surface area contributed by atoms with E-state index in [1.807, 2.05) is 6.07 Å². The van der Waals surface area contributed by atoms with Gasteiger partial charge in [-0.05, 0) is 12.8 Å². The van der Waals surface area contributed by atoms with Crippen molar-refractivity contribution in [1.82, 2.24) is 0 Å². The molecule has 6 heteroatoms. The Labute approximate surface area is 151 Å². The lowest BCUT2D eigenvalue weighted by Crippen LogP contribution is -3.00. The quantitative estimate of drug-likeness (QED) is 0.292. The summed E-state index contributed by atoms with van der Waals surface area (Å²) < 4.78 is 12.9. The zero-order chi connectivity index (χ0) is 16.1. The molecule has 4 nitrogen and oxygen atoms in total. The van der Waals surface area contributed by atoms with E-state index in [4.69, 9.17) is 9.79 Å². The number of unbranched alkanes of at least 4 members (excludes halogenated alkanes) is 9. The van der Waals surface area contributed by atoms with Crippen molar-refractivity contribution in [2.75, 3.05) is 6.16 Å². The average molecular weight is 408 g/mol. The van der Waals surface area contributed by atoms with Crippen LogP contribution in [0.5, 0.6) is 0 Å². The van der Waals surface area contributed by atoms with E-state index in [1.165, 1.54) is 44.9 Å². The molecular formula is C17H31BrNO3P. The SMILES string of the molecule is O=P(O)(O)CCCCCCCCCCCC[n+]1ccccc1.[Br-]. The molecule has 1 rings (SSSR count). The van der Waals surface area contributed by atoms with Crippen LogP contribution in [-0.2, 0) is 11.1 Å². The van der Waals surface area contributed by atoms with Crippen LogP contribution >= 0.6 is 7.60 Å². The molecule has 0 amide bonds. The third-order valence-corrected chi connectivity index (χ3v) is 4.79. The molecule has 0 aliphatic carbocycles. The van der Waals surface area contributed by atoms with Gasteiger partial charge in [0.1, 0.15) is 6.54 Å². The summed E-state index contributed by atoms with van der Waals surface area (Å²) in [7, 11) is -3.77. The van der Waals surface area contributed by atoms with E-state index in [2.05, 4.69) is 29.1 Å². The summed E-state index contributed by atoms with van der Waals surface area (Å²) >= 11 is 0. The summed E-state index contributed by atoms with van der Waals surface area (Å²) in [6.45, 7) is 1.11. The number of hydrogen-bond donors (Lipinski definition) is 2. The molecule has 0 saturated carbocycles. The molecule has 23 heavy (non-hydrogen) atoms. The molecule has 0 fully saturated rings. The van der Waals surface area contributed by atoms with Gasteiger partial charge in [0.15, 0.2) is 12.4 Å². The standard InChI is InChI=1S/C17H30NO3P.BrH/c19-22(20,21)17-13-8-6-4-2-1-3-5-7-10-14-18-15-11-9-12-16-18;/h9,11-12,15-16H,1-8,10,13-14,17H2,(H-,19,20,21);1H. The first-order valence-electron chi connectivity index (χ1n) is 8.56. The van der Waals surface area contributed by atoms with Crippen LogP contribution in [0.3, 0.4) is 0 Å². The van der Waals surface area contributed by atoms with Gasteiger partial charge in [-0.1, -0.05) is 51.0 Å². The van der Waals surface area contributed by atoms with E-state index >= 15 is 0 Å². The highest BCUT2D eigenvalue weighted by Gasteiger charge is 2.10. The van der Waals surface area contributed by atoms with Crippen LogP contribution < -0.4 is 21.5 Å². The van der Waals surface area contributed by atoms with E-state index in [-0.39, 0.29) is 23.1 Å². The van der Waals surface area contributed by atoms with E-state index in [9.17, 15) is 4.57 Å². The minimum absolute atomic E-state index is 0. The van der Waals surface area contributed by atoms with E-state index in [0.717, 1.165) is 19.4 Å². The number of aromatic nitrogens is 1. The summed E-state index contributed by atoms with van der Waals surface area (Å²) in [6.07, 6.45) is 15.9. The fraction of sp³-hybridized carbons (Fsp3) is 0.706. The van der Waals surface area contributed by atoms with Gasteiger partial charge >= 0.3 is 7.60 Å². The Balaban J connectivity index is 0.00000484. The molecule has 1 aromatic rings. The Morgan fingerprint density at radius 2 is 1.13 bits per heavy atom. The molecule has 0 aliphatic heterocycles. The van der Waals surface area contributed by atoms with Crippen molar-refractivity contribution < 1.29 is 35.9 Å². The highest BCUT2D eigenvalue weighted by atomic mass is 79.9. The topological polar surface area (TPSA) is 61.4 Å². The fourth-order valence-electron chi connectivity index (χ4n) is 2.61. The summed E-state index contributed by atoms with van der Waals surface area (Å²) in [5.74, 6) is 0. The minimum atomic E-state index is -3.77. The van der Waals surface area contributed by atoms with Crippen LogP contribution in [-0.4, -0.2) is 15.9 Å². The molecule has 2 N–H and O–H groups in total. The molecular weight excluding hydrogens is 377 g/mol. The molecule has 0 unspecified atom stereocenters. The molecule has 1 heterocycles. The number of pyridine rings is 1. The lowest BCUT2D eigenvalue weighted by molar-refractivity contribution is -0.697. The van der Waals surface area contributed by atoms with Crippen LogP contribution in [0.4, 0.5) is 0 Å². The zero-order valence-corrected chi connectivity index (χ0v) is 16.4. The van der Waals surface area contributed by atoms with Gasteiger partial charge < -0.3 is 26.8 Å². The maximum Gasteiger partial charge on any atom is 0.325 e. The summed E-state index contributed by atoms with van der Waals surface area (Å²) in [4.78, 5) is 17.5. The average Bonchev–Trinajstić information content (AvgIpc) is 2.48. The van der Waals surface area contributed by atoms with Gasteiger partial charge in [0.2, 0.25) is 0 Å². The Kier molecular flexibility index (Phi) is 14.0. The molecule has 0 aromatic carbocycles. The first kappa shape index (κ1) is 22.8. The van der Waals surface area contributed by atoms with Gasteiger partial charge in [0, 0.05) is 24.7 Å². The molecule has 0 radical (unpaired) electrons. The number of hydrogen-bond acceptors (Lipinski definition) is 1. The number of rotatable bonds is 13. The maximum absolute atomic E-state index is 10.7. The lowest BCUT2D eigenvalue weighted by Gasteiger charge is -2.04. The van der Waals surface area contributed by atoms with Crippen molar-refractivity contribution in [1.29, 1.82) is 0 Å². The molecule has 134 valence electrons. The first-order chi connectivity index (χ1) is 10.6. The second-order valence-electron chi connectivity index (χ2n) is 6.04. The second-order valence-corrected chi connectivity index (χ2v) is 7.81. The lowest BCUT2D eigenvalue weighted by atomic mass is 10.1. The third-order valence-electron chi connectivity index (χ3n) is 3.89. The van der Waals surface area contributed by atoms with Crippen molar-refractivity contribution in [3.63, 3.8) is 0 Å². The number of nitrogens with zero attached hydrogens (tertiary/aromatic N) is 1. The predicted octanol–water partition coefficient (Wildman–Crippen LogP) is 1.06. The molecule has 0 saturated heterocycles. The summed E-state index contributed by atoms with van der Waals surface area (Å²) in [5.41, 5.74) is 0. The zero-order valence-electron chi connectivity index (χ0n) is 13.9. The first-order valence-corrected chi connectivity index (χ1v) is 10.4. The third kappa shape index (κ3) is 15.1. The Morgan fingerprint density at radius 3 is 1.61 bits per heavy atom. The highest BCUT2D eigenvalue weighted by Crippen LogP contribution is 2.35. The van der Waals surface area contributed by atoms with Gasteiger partial charge in [0.05, 0.1) is 0 Å². The van der Waals surface area contributed by atoms with E-state index < -0.39 is 7.60 Å². The van der Waals surface area contributed by atoms with Crippen LogP contribution in [0.25, 0.3) is 0 Å².